The van der Waals surface area contributed by atoms with Crippen LogP contribution in [-0.4, -0.2) is 65.7 Å². The summed E-state index contributed by atoms with van der Waals surface area (Å²) in [5, 5.41) is 12.3. The van der Waals surface area contributed by atoms with Gasteiger partial charge in [0.15, 0.2) is 6.29 Å². The summed E-state index contributed by atoms with van der Waals surface area (Å²) < 4.78 is 19.3. The monoisotopic (exact) mass is 488 g/mol. The highest BCUT2D eigenvalue weighted by Gasteiger charge is 2.50. The van der Waals surface area contributed by atoms with Crippen molar-refractivity contribution in [3.8, 4) is 0 Å². The number of hydrogen-bond acceptors (Lipinski definition) is 5. The van der Waals surface area contributed by atoms with E-state index in [0.29, 0.717) is 44.1 Å². The van der Waals surface area contributed by atoms with Crippen LogP contribution in [-0.2, 0) is 21.6 Å². The lowest BCUT2D eigenvalue weighted by Crippen LogP contribution is -2.64. The molecule has 2 heterocycles. The summed E-state index contributed by atoms with van der Waals surface area (Å²) in [6.45, 7) is 8.48. The Kier molecular flexibility index (Phi) is 7.46. The van der Waals surface area contributed by atoms with Gasteiger partial charge in [-0.15, -0.1) is 0 Å². The lowest BCUT2D eigenvalue weighted by atomic mass is 9.66. The van der Waals surface area contributed by atoms with Gasteiger partial charge in [-0.05, 0) is 55.2 Å². The van der Waals surface area contributed by atoms with Crippen molar-refractivity contribution in [1.29, 1.82) is 0 Å². The van der Waals surface area contributed by atoms with Crippen LogP contribution >= 0.6 is 11.6 Å². The zero-order chi connectivity index (χ0) is 24.5. The van der Waals surface area contributed by atoms with Crippen molar-refractivity contribution in [2.45, 2.75) is 57.5 Å². The molecule has 1 N–H and O–H groups in total. The van der Waals surface area contributed by atoms with E-state index in [4.69, 9.17) is 16.3 Å². The quantitative estimate of drug-likeness (QED) is 0.616. The molecule has 7 heteroatoms. The molecule has 2 aromatic carbocycles. The Labute approximate surface area is 206 Å². The van der Waals surface area contributed by atoms with Gasteiger partial charge in [-0.2, -0.15) is 0 Å². The fourth-order valence-electron chi connectivity index (χ4n) is 5.44. The first kappa shape index (κ1) is 25.3. The topological polar surface area (TPSA) is 53.0 Å². The molecule has 5 nitrogen and oxygen atoms in total. The molecule has 2 aliphatic rings. The number of hydrogen-bond donors (Lipinski definition) is 1. The van der Waals surface area contributed by atoms with Crippen molar-refractivity contribution in [3.63, 3.8) is 0 Å². The lowest BCUT2D eigenvalue weighted by molar-refractivity contribution is -0.165. The van der Waals surface area contributed by atoms with E-state index < -0.39 is 17.2 Å². The van der Waals surface area contributed by atoms with Crippen LogP contribution in [0.15, 0.2) is 48.5 Å². The third-order valence-corrected chi connectivity index (χ3v) is 7.82. The summed E-state index contributed by atoms with van der Waals surface area (Å²) in [5.74, 6) is -0.254. The summed E-state index contributed by atoms with van der Waals surface area (Å²) in [6, 6.07) is 14.0. The van der Waals surface area contributed by atoms with Crippen LogP contribution in [0.3, 0.4) is 0 Å². The number of halogens is 2. The van der Waals surface area contributed by atoms with Gasteiger partial charge >= 0.3 is 0 Å². The molecule has 2 fully saturated rings. The minimum Gasteiger partial charge on any atom is -0.385 e. The van der Waals surface area contributed by atoms with E-state index in [1.165, 1.54) is 12.1 Å². The van der Waals surface area contributed by atoms with Crippen LogP contribution in [0.1, 0.15) is 38.3 Å². The number of piperidine rings is 1. The number of carbonyl (C=O) groups is 1. The summed E-state index contributed by atoms with van der Waals surface area (Å²) in [7, 11) is 0. The second-order valence-corrected chi connectivity index (χ2v) is 10.8. The van der Waals surface area contributed by atoms with Crippen molar-refractivity contribution >= 4 is 17.9 Å². The molecule has 0 radical (unpaired) electrons. The van der Waals surface area contributed by atoms with Crippen LogP contribution in [0.2, 0.25) is 5.02 Å². The van der Waals surface area contributed by atoms with Crippen LogP contribution in [0.25, 0.3) is 0 Å². The van der Waals surface area contributed by atoms with E-state index in [9.17, 15) is 14.3 Å². The molecular formula is C27H34ClFN2O3. The maximum absolute atomic E-state index is 13.3. The van der Waals surface area contributed by atoms with Crippen molar-refractivity contribution in [3.05, 3.63) is 70.5 Å². The fraction of sp³-hybridized carbons (Fsp3) is 0.519. The fourth-order valence-corrected chi connectivity index (χ4v) is 5.56. The summed E-state index contributed by atoms with van der Waals surface area (Å²) in [5.41, 5.74) is 0.367. The van der Waals surface area contributed by atoms with E-state index in [-0.39, 0.29) is 18.0 Å². The molecule has 4 rings (SSSR count). The average molecular weight is 489 g/mol. The van der Waals surface area contributed by atoms with E-state index in [1.807, 2.05) is 24.3 Å². The molecule has 184 valence electrons. The van der Waals surface area contributed by atoms with E-state index in [2.05, 4.69) is 30.6 Å². The Bertz CT molecular complexity index is 984. The Balaban J connectivity index is 1.48. The van der Waals surface area contributed by atoms with Crippen LogP contribution in [0, 0.1) is 11.2 Å². The molecule has 0 bridgehead atoms. The molecule has 0 spiro atoms. The molecule has 2 saturated heterocycles. The zero-order valence-corrected chi connectivity index (χ0v) is 20.8. The highest BCUT2D eigenvalue weighted by atomic mass is 35.5. The number of aliphatic hydroxyl groups is 1. The van der Waals surface area contributed by atoms with Crippen molar-refractivity contribution in [2.75, 3.05) is 26.2 Å². The molecule has 4 atom stereocenters. The Hall–Kier alpha value is -1.83. The van der Waals surface area contributed by atoms with Crippen molar-refractivity contribution in [2.24, 2.45) is 5.41 Å². The number of rotatable bonds is 6. The summed E-state index contributed by atoms with van der Waals surface area (Å²) in [4.78, 5) is 16.8. The number of morpholine rings is 1. The number of aldehydes is 1. The minimum atomic E-state index is -1.01. The number of ether oxygens (including phenoxy) is 1. The van der Waals surface area contributed by atoms with Crippen LogP contribution < -0.4 is 0 Å². The van der Waals surface area contributed by atoms with Crippen LogP contribution in [0.4, 0.5) is 4.39 Å². The van der Waals surface area contributed by atoms with Gasteiger partial charge in [0, 0.05) is 36.1 Å². The first-order valence-corrected chi connectivity index (χ1v) is 12.3. The third kappa shape index (κ3) is 5.07. The standard InChI is InChI=1S/C27H34ClFN2O3/c1-19-17-34-24(14-20-4-10-23(29)11-5-20)15-31(19)25(16-32)30-13-12-27(33,26(2,3)18-30)21-6-8-22(28)9-7-21/h4-11,16,19,24-25,33H,12-15,17-18H2,1-3H3/t19-,24+,25?,27-/m0/s1. The predicted octanol–water partition coefficient (Wildman–Crippen LogP) is 4.26. The minimum absolute atomic E-state index is 0.0760. The predicted molar refractivity (Wildman–Crippen MR) is 131 cm³/mol. The van der Waals surface area contributed by atoms with E-state index in [0.717, 1.165) is 17.4 Å². The van der Waals surface area contributed by atoms with Gasteiger partial charge in [-0.25, -0.2) is 4.39 Å². The molecular weight excluding hydrogens is 455 g/mol. The number of benzene rings is 2. The normalized spacial score (nSPS) is 29.0. The molecule has 2 aliphatic heterocycles. The smallest absolute Gasteiger partial charge is 0.151 e. The first-order chi connectivity index (χ1) is 16.1. The molecule has 2 aromatic rings. The maximum Gasteiger partial charge on any atom is 0.151 e. The third-order valence-electron chi connectivity index (χ3n) is 7.57. The molecule has 0 aromatic heterocycles. The van der Waals surface area contributed by atoms with Crippen molar-refractivity contribution < 1.29 is 19.0 Å². The SMILES string of the molecule is C[C@H]1CO[C@H](Cc2ccc(F)cc2)CN1C(C=O)N1CC[C@](O)(c2ccc(Cl)cc2)C(C)(C)C1. The molecule has 1 unspecified atom stereocenters. The van der Waals surface area contributed by atoms with Gasteiger partial charge in [0.1, 0.15) is 12.0 Å². The van der Waals surface area contributed by atoms with Gasteiger partial charge in [0.05, 0.1) is 18.3 Å². The lowest BCUT2D eigenvalue weighted by Gasteiger charge is -2.54. The highest BCUT2D eigenvalue weighted by Crippen LogP contribution is 2.46. The molecule has 34 heavy (non-hydrogen) atoms. The van der Waals surface area contributed by atoms with E-state index in [1.54, 1.807) is 12.1 Å². The van der Waals surface area contributed by atoms with Gasteiger partial charge < -0.3 is 14.6 Å². The maximum atomic E-state index is 13.3. The Morgan fingerprint density at radius 3 is 2.50 bits per heavy atom. The summed E-state index contributed by atoms with van der Waals surface area (Å²) >= 11 is 6.06. The number of carbonyl (C=O) groups excluding carboxylic acids is 1. The Morgan fingerprint density at radius 2 is 1.88 bits per heavy atom. The molecule has 0 saturated carbocycles. The zero-order valence-electron chi connectivity index (χ0n) is 20.1. The highest BCUT2D eigenvalue weighted by molar-refractivity contribution is 6.30. The van der Waals surface area contributed by atoms with E-state index >= 15 is 0 Å². The second-order valence-electron chi connectivity index (χ2n) is 10.4. The average Bonchev–Trinajstić information content (AvgIpc) is 2.80. The Morgan fingerprint density at radius 1 is 1.21 bits per heavy atom. The molecule has 0 aliphatic carbocycles. The van der Waals surface area contributed by atoms with Gasteiger partial charge in [0.25, 0.3) is 0 Å². The van der Waals surface area contributed by atoms with Crippen LogP contribution in [0.5, 0.6) is 0 Å². The van der Waals surface area contributed by atoms with Crippen molar-refractivity contribution in [1.82, 2.24) is 9.80 Å². The largest absolute Gasteiger partial charge is 0.385 e. The number of likely N-dealkylation sites (tertiary alicyclic amines) is 1. The number of nitrogens with zero attached hydrogens (tertiary/aromatic N) is 2. The second kappa shape index (κ2) is 10.0. The first-order valence-electron chi connectivity index (χ1n) is 11.9. The van der Waals surface area contributed by atoms with Gasteiger partial charge in [-0.1, -0.05) is 49.7 Å². The molecule has 0 amide bonds. The van der Waals surface area contributed by atoms with Gasteiger partial charge in [-0.3, -0.25) is 9.80 Å². The van der Waals surface area contributed by atoms with Gasteiger partial charge in [0.2, 0.25) is 0 Å². The summed E-state index contributed by atoms with van der Waals surface area (Å²) in [6.07, 6.45) is 1.72.